The zero-order chi connectivity index (χ0) is 32.2. The molecular weight excluding hydrogens is 556 g/mol. The molecule has 9 heteroatoms. The first-order valence-corrected chi connectivity index (χ1v) is 15.5. The Bertz CT molecular complexity index is 1440. The minimum atomic E-state index is -0.217. The van der Waals surface area contributed by atoms with Gasteiger partial charge in [-0.05, 0) is 99.2 Å². The fourth-order valence-electron chi connectivity index (χ4n) is 5.63. The zero-order valence-corrected chi connectivity index (χ0v) is 27.0. The number of carbonyl (C=O) groups is 2. The van der Waals surface area contributed by atoms with E-state index in [2.05, 4.69) is 53.4 Å². The lowest BCUT2D eigenvalue weighted by atomic mass is 9.95. The first kappa shape index (κ1) is 34.7. The number of aromatic nitrogens is 1. The Morgan fingerprint density at radius 2 is 1.80 bits per heavy atom. The summed E-state index contributed by atoms with van der Waals surface area (Å²) in [5.74, 6) is 0.171. The molecule has 3 aromatic rings. The number of nitrogens with one attached hydrogen (secondary N) is 3. The van der Waals surface area contributed by atoms with E-state index in [-0.39, 0.29) is 24.6 Å². The minimum absolute atomic E-state index is 0.0306. The van der Waals surface area contributed by atoms with Crippen LogP contribution in [-0.2, 0) is 11.3 Å². The van der Waals surface area contributed by atoms with Gasteiger partial charge in [-0.25, -0.2) is 0 Å². The van der Waals surface area contributed by atoms with Gasteiger partial charge in [-0.2, -0.15) is 0 Å². The summed E-state index contributed by atoms with van der Waals surface area (Å²) < 4.78 is 5.52. The van der Waals surface area contributed by atoms with Gasteiger partial charge < -0.3 is 30.4 Å². The summed E-state index contributed by atoms with van der Waals surface area (Å²) in [4.78, 5) is 40.7. The van der Waals surface area contributed by atoms with Gasteiger partial charge in [-0.15, -0.1) is 0 Å². The van der Waals surface area contributed by atoms with E-state index in [1.807, 2.05) is 39.1 Å². The summed E-state index contributed by atoms with van der Waals surface area (Å²) in [7, 11) is 1.85. The lowest BCUT2D eigenvalue weighted by Crippen LogP contribution is -2.40. The van der Waals surface area contributed by atoms with E-state index in [4.69, 9.17) is 9.84 Å². The highest BCUT2D eigenvalue weighted by Gasteiger charge is 2.23. The molecule has 238 valence electrons. The molecule has 1 fully saturated rings. The van der Waals surface area contributed by atoms with E-state index >= 15 is 0 Å². The summed E-state index contributed by atoms with van der Waals surface area (Å²) in [6.07, 6.45) is 2.87. The Kier molecular flexibility index (Phi) is 13.3. The minimum Gasteiger partial charge on any atom is -0.395 e. The zero-order valence-electron chi connectivity index (χ0n) is 27.0. The predicted molar refractivity (Wildman–Crippen MR) is 177 cm³/mol. The Labute approximate surface area is 261 Å². The lowest BCUT2D eigenvalue weighted by molar-refractivity contribution is 0.0846. The Morgan fingerprint density at radius 3 is 2.36 bits per heavy atom. The molecule has 1 aromatic heterocycles. The largest absolute Gasteiger partial charge is 0.395 e. The topological polar surface area (TPSA) is 124 Å². The fraction of sp³-hybridized carbons (Fsp3) is 0.457. The number of hydrogen-bond acceptors (Lipinski definition) is 7. The average molecular weight is 605 g/mol. The van der Waals surface area contributed by atoms with Crippen LogP contribution in [0.1, 0.15) is 82.6 Å². The van der Waals surface area contributed by atoms with E-state index in [1.165, 1.54) is 0 Å². The molecule has 0 saturated carbocycles. The molecule has 2 heterocycles. The second-order valence-corrected chi connectivity index (χ2v) is 11.4. The van der Waals surface area contributed by atoms with Crippen molar-refractivity contribution in [2.75, 3.05) is 44.9 Å². The van der Waals surface area contributed by atoms with Gasteiger partial charge in [0.05, 0.1) is 6.61 Å². The van der Waals surface area contributed by atoms with E-state index in [9.17, 15) is 14.4 Å². The Hall–Kier alpha value is -3.79. The molecule has 9 nitrogen and oxygen atoms in total. The standard InChI is InChI=1S/C24H30N2O4.C11H18N2O/c1-3-26(22-8-12-30-13-9-22)23-15-20(14-21(16-28)17(23)2)18-4-6-19(7-5-18)24(29)25-10-11-27;1-7(2)9-5-8(3)13-11(14)10(9)6-12-4/h4-7,14-16,22,27H,3,8-13H2,1-2H3,(H,25,29);5,7,12H,6H2,1-4H3,(H,13,14). The molecule has 2 aromatic carbocycles. The van der Waals surface area contributed by atoms with Gasteiger partial charge in [0.25, 0.3) is 11.5 Å². The van der Waals surface area contributed by atoms with Crippen molar-refractivity contribution >= 4 is 17.9 Å². The van der Waals surface area contributed by atoms with Crippen molar-refractivity contribution < 1.29 is 19.4 Å². The highest BCUT2D eigenvalue weighted by molar-refractivity contribution is 5.95. The van der Waals surface area contributed by atoms with Crippen molar-refractivity contribution in [2.45, 2.75) is 66.0 Å². The molecule has 0 bridgehead atoms. The number of aliphatic hydroxyl groups excluding tert-OH is 1. The van der Waals surface area contributed by atoms with Crippen LogP contribution in [-0.4, -0.2) is 68.3 Å². The third-order valence-corrected chi connectivity index (χ3v) is 7.99. The maximum atomic E-state index is 12.1. The van der Waals surface area contributed by atoms with Gasteiger partial charge in [0.2, 0.25) is 0 Å². The highest BCUT2D eigenvalue weighted by atomic mass is 16.5. The molecule has 1 saturated heterocycles. The van der Waals surface area contributed by atoms with Crippen molar-refractivity contribution in [3.05, 3.63) is 86.3 Å². The molecule has 0 atom stereocenters. The molecule has 0 radical (unpaired) electrons. The molecule has 0 aliphatic carbocycles. The number of anilines is 1. The van der Waals surface area contributed by atoms with Gasteiger partial charge in [0.1, 0.15) is 6.29 Å². The van der Waals surface area contributed by atoms with Crippen molar-refractivity contribution in [3.8, 4) is 11.1 Å². The second-order valence-electron chi connectivity index (χ2n) is 11.4. The van der Waals surface area contributed by atoms with Gasteiger partial charge in [0, 0.05) is 67.0 Å². The van der Waals surface area contributed by atoms with Crippen molar-refractivity contribution in [1.82, 2.24) is 15.6 Å². The molecule has 4 rings (SSSR count). The average Bonchev–Trinajstić information content (AvgIpc) is 3.03. The normalized spacial score (nSPS) is 13.3. The van der Waals surface area contributed by atoms with Gasteiger partial charge >= 0.3 is 0 Å². The first-order valence-electron chi connectivity index (χ1n) is 15.5. The van der Waals surface area contributed by atoms with Gasteiger partial charge in [0.15, 0.2) is 0 Å². The molecule has 0 unspecified atom stereocenters. The van der Waals surface area contributed by atoms with Crippen LogP contribution in [0.5, 0.6) is 0 Å². The van der Waals surface area contributed by atoms with Crippen LogP contribution in [0.15, 0.2) is 47.3 Å². The number of aromatic amines is 1. The molecular formula is C35H48N4O5. The maximum Gasteiger partial charge on any atom is 0.252 e. The third kappa shape index (κ3) is 8.87. The summed E-state index contributed by atoms with van der Waals surface area (Å²) in [6.45, 7) is 13.4. The Morgan fingerprint density at radius 1 is 1.11 bits per heavy atom. The monoisotopic (exact) mass is 604 g/mol. The summed E-state index contributed by atoms with van der Waals surface area (Å²) in [6, 6.07) is 13.8. The molecule has 44 heavy (non-hydrogen) atoms. The highest BCUT2D eigenvalue weighted by Crippen LogP contribution is 2.33. The predicted octanol–water partition coefficient (Wildman–Crippen LogP) is 4.73. The fourth-order valence-corrected chi connectivity index (χ4v) is 5.63. The van der Waals surface area contributed by atoms with Crippen LogP contribution in [0.4, 0.5) is 5.69 Å². The number of hydrogen-bond donors (Lipinski definition) is 4. The quantitative estimate of drug-likeness (QED) is 0.233. The first-order chi connectivity index (χ1) is 21.1. The number of aryl methyl sites for hydroxylation is 1. The molecule has 4 N–H and O–H groups in total. The number of aldehydes is 1. The summed E-state index contributed by atoms with van der Waals surface area (Å²) in [5, 5.41) is 14.5. The molecule has 1 amide bonds. The summed E-state index contributed by atoms with van der Waals surface area (Å²) >= 11 is 0. The van der Waals surface area contributed by atoms with E-state index in [1.54, 1.807) is 12.1 Å². The number of benzene rings is 2. The maximum absolute atomic E-state index is 12.1. The van der Waals surface area contributed by atoms with Crippen molar-refractivity contribution in [2.24, 2.45) is 0 Å². The van der Waals surface area contributed by atoms with Crippen LogP contribution in [0.2, 0.25) is 0 Å². The van der Waals surface area contributed by atoms with Crippen molar-refractivity contribution in [1.29, 1.82) is 0 Å². The van der Waals surface area contributed by atoms with Crippen LogP contribution in [0.3, 0.4) is 0 Å². The molecule has 1 aliphatic heterocycles. The smallest absolute Gasteiger partial charge is 0.252 e. The van der Waals surface area contributed by atoms with Gasteiger partial charge in [-0.3, -0.25) is 14.4 Å². The Balaban J connectivity index is 0.000000317. The SMILES string of the molecule is CCN(c1cc(-c2ccc(C(=O)NCCO)cc2)cc(C=O)c1C)C1CCOCC1.CNCc1c(C(C)C)cc(C)[nH]c1=O. The number of rotatable bonds is 11. The van der Waals surface area contributed by atoms with Gasteiger partial charge in [-0.1, -0.05) is 26.0 Å². The summed E-state index contributed by atoms with van der Waals surface area (Å²) in [5.41, 5.74) is 8.13. The van der Waals surface area contributed by atoms with Crippen LogP contribution < -0.4 is 21.1 Å². The van der Waals surface area contributed by atoms with E-state index in [0.717, 1.165) is 78.1 Å². The van der Waals surface area contributed by atoms with E-state index < -0.39 is 0 Å². The van der Waals surface area contributed by atoms with E-state index in [0.29, 0.717) is 29.6 Å². The second kappa shape index (κ2) is 16.9. The van der Waals surface area contributed by atoms with Crippen LogP contribution in [0.25, 0.3) is 11.1 Å². The number of nitrogens with zero attached hydrogens (tertiary/aromatic N) is 1. The van der Waals surface area contributed by atoms with Crippen LogP contribution >= 0.6 is 0 Å². The lowest BCUT2D eigenvalue weighted by Gasteiger charge is -2.36. The number of H-pyrrole nitrogens is 1. The van der Waals surface area contributed by atoms with Crippen molar-refractivity contribution in [3.63, 3.8) is 0 Å². The molecule has 0 spiro atoms. The number of ether oxygens (including phenoxy) is 1. The van der Waals surface area contributed by atoms with Crippen LogP contribution in [0, 0.1) is 13.8 Å². The third-order valence-electron chi connectivity index (χ3n) is 7.99. The number of aliphatic hydroxyl groups is 1. The molecule has 1 aliphatic rings. The number of carbonyl (C=O) groups excluding carboxylic acids is 2. The number of pyridine rings is 1. The number of amides is 1.